The Morgan fingerprint density at radius 2 is 2.18 bits per heavy atom. The fraction of sp³-hybridized carbons (Fsp3) is 0.417. The lowest BCUT2D eigenvalue weighted by Gasteiger charge is -2.22. The molecule has 0 fully saturated rings. The Morgan fingerprint density at radius 3 is 2.71 bits per heavy atom. The summed E-state index contributed by atoms with van der Waals surface area (Å²) < 4.78 is 13.3. The van der Waals surface area contributed by atoms with E-state index in [1.165, 1.54) is 12.1 Å². The first-order chi connectivity index (χ1) is 7.85. The Bertz CT molecular complexity index is 421. The highest BCUT2D eigenvalue weighted by Crippen LogP contribution is 2.20. The molecule has 0 aliphatic carbocycles. The predicted molar refractivity (Wildman–Crippen MR) is 68.0 cm³/mol. The van der Waals surface area contributed by atoms with Gasteiger partial charge < -0.3 is 10.4 Å². The highest BCUT2D eigenvalue weighted by molar-refractivity contribution is 7.99. The summed E-state index contributed by atoms with van der Waals surface area (Å²) in [5.74, 6) is -1.38. The van der Waals surface area contributed by atoms with E-state index >= 15 is 0 Å². The van der Waals surface area contributed by atoms with Crippen LogP contribution in [0.4, 0.5) is 4.39 Å². The van der Waals surface area contributed by atoms with Crippen LogP contribution in [0.3, 0.4) is 0 Å². The van der Waals surface area contributed by atoms with E-state index < -0.39 is 11.7 Å². The summed E-state index contributed by atoms with van der Waals surface area (Å²) in [5.41, 5.74) is -0.0558. The van der Waals surface area contributed by atoms with Crippen molar-refractivity contribution in [1.82, 2.24) is 5.32 Å². The number of benzene rings is 1. The summed E-state index contributed by atoms with van der Waals surface area (Å²) in [6.07, 6.45) is 1.95. The van der Waals surface area contributed by atoms with Gasteiger partial charge in [0, 0.05) is 17.4 Å². The van der Waals surface area contributed by atoms with E-state index in [-0.39, 0.29) is 16.1 Å². The first kappa shape index (κ1) is 13.8. The maximum atomic E-state index is 13.4. The Hall–Kier alpha value is -1.23. The maximum absolute atomic E-state index is 13.4. The standard InChI is InChI=1S/C12H16FNO2S/c1-12(2,17-3)7-14-11(16)9-5-4-8(15)6-10(9)13/h4-6,15H,7H2,1-3H3,(H,14,16). The third-order valence-electron chi connectivity index (χ3n) is 2.42. The molecule has 94 valence electrons. The second-order valence-corrected chi connectivity index (χ2v) is 5.82. The van der Waals surface area contributed by atoms with Gasteiger partial charge in [0.05, 0.1) is 5.56 Å². The van der Waals surface area contributed by atoms with Crippen LogP contribution in [0.15, 0.2) is 18.2 Å². The third-order valence-corrected chi connectivity index (χ3v) is 3.67. The zero-order chi connectivity index (χ0) is 13.1. The molecule has 17 heavy (non-hydrogen) atoms. The van der Waals surface area contributed by atoms with Crippen LogP contribution in [-0.2, 0) is 0 Å². The number of thioether (sulfide) groups is 1. The van der Waals surface area contributed by atoms with Crippen molar-refractivity contribution in [2.75, 3.05) is 12.8 Å². The highest BCUT2D eigenvalue weighted by Gasteiger charge is 2.19. The molecule has 0 saturated carbocycles. The number of nitrogens with one attached hydrogen (secondary N) is 1. The quantitative estimate of drug-likeness (QED) is 0.870. The Balaban J connectivity index is 2.71. The number of carbonyl (C=O) groups is 1. The van der Waals surface area contributed by atoms with Crippen LogP contribution < -0.4 is 5.32 Å². The molecule has 0 spiro atoms. The van der Waals surface area contributed by atoms with Crippen LogP contribution in [0.1, 0.15) is 24.2 Å². The largest absolute Gasteiger partial charge is 0.508 e. The molecule has 0 aromatic heterocycles. The van der Waals surface area contributed by atoms with Crippen molar-refractivity contribution in [2.45, 2.75) is 18.6 Å². The average molecular weight is 257 g/mol. The van der Waals surface area contributed by atoms with Crippen molar-refractivity contribution in [2.24, 2.45) is 0 Å². The summed E-state index contributed by atoms with van der Waals surface area (Å²) in [6, 6.07) is 3.48. The fourth-order valence-electron chi connectivity index (χ4n) is 1.15. The van der Waals surface area contributed by atoms with Crippen LogP contribution >= 0.6 is 11.8 Å². The van der Waals surface area contributed by atoms with E-state index in [1.54, 1.807) is 11.8 Å². The van der Waals surface area contributed by atoms with E-state index in [9.17, 15) is 9.18 Å². The second-order valence-electron chi connectivity index (χ2n) is 4.31. The van der Waals surface area contributed by atoms with Gasteiger partial charge in [-0.3, -0.25) is 4.79 Å². The molecule has 0 atom stereocenters. The van der Waals surface area contributed by atoms with Gasteiger partial charge in [-0.15, -0.1) is 0 Å². The number of amides is 1. The lowest BCUT2D eigenvalue weighted by Crippen LogP contribution is -2.36. The number of halogens is 1. The summed E-state index contributed by atoms with van der Waals surface area (Å²) >= 11 is 1.62. The van der Waals surface area contributed by atoms with E-state index in [2.05, 4.69) is 5.32 Å². The Kier molecular flexibility index (Phi) is 4.40. The van der Waals surface area contributed by atoms with Crippen LogP contribution in [0.25, 0.3) is 0 Å². The van der Waals surface area contributed by atoms with Gasteiger partial charge in [0.25, 0.3) is 5.91 Å². The minimum Gasteiger partial charge on any atom is -0.508 e. The summed E-state index contributed by atoms with van der Waals surface area (Å²) in [6.45, 7) is 4.43. The number of rotatable bonds is 4. The third kappa shape index (κ3) is 3.93. The Morgan fingerprint density at radius 1 is 1.53 bits per heavy atom. The number of hydrogen-bond donors (Lipinski definition) is 2. The lowest BCUT2D eigenvalue weighted by molar-refractivity contribution is 0.0947. The normalized spacial score (nSPS) is 11.3. The molecule has 0 unspecified atom stereocenters. The minimum atomic E-state index is -0.718. The first-order valence-corrected chi connectivity index (χ1v) is 6.40. The molecular formula is C12H16FNO2S. The van der Waals surface area contributed by atoms with Crippen LogP contribution in [0.2, 0.25) is 0 Å². The van der Waals surface area contributed by atoms with E-state index in [0.29, 0.717) is 6.54 Å². The molecule has 0 bridgehead atoms. The number of phenolic OH excluding ortho intramolecular Hbond substituents is 1. The highest BCUT2D eigenvalue weighted by atomic mass is 32.2. The SMILES string of the molecule is CSC(C)(C)CNC(=O)c1ccc(O)cc1F. The van der Waals surface area contributed by atoms with Crippen molar-refractivity contribution in [1.29, 1.82) is 0 Å². The van der Waals surface area contributed by atoms with Crippen molar-refractivity contribution in [3.05, 3.63) is 29.6 Å². The van der Waals surface area contributed by atoms with Gasteiger partial charge in [-0.1, -0.05) is 0 Å². The topological polar surface area (TPSA) is 49.3 Å². The van der Waals surface area contributed by atoms with Crippen LogP contribution in [0, 0.1) is 5.82 Å². The van der Waals surface area contributed by atoms with Gasteiger partial charge in [-0.2, -0.15) is 11.8 Å². The molecule has 1 aromatic rings. The Labute approximate surface area is 104 Å². The average Bonchev–Trinajstić information content (AvgIpc) is 2.26. The number of carbonyl (C=O) groups excluding carboxylic acids is 1. The van der Waals surface area contributed by atoms with Gasteiger partial charge in [-0.05, 0) is 32.2 Å². The van der Waals surface area contributed by atoms with Gasteiger partial charge in [0.1, 0.15) is 11.6 Å². The van der Waals surface area contributed by atoms with E-state index in [4.69, 9.17) is 5.11 Å². The monoisotopic (exact) mass is 257 g/mol. The zero-order valence-corrected chi connectivity index (χ0v) is 10.9. The lowest BCUT2D eigenvalue weighted by atomic mass is 10.1. The second kappa shape index (κ2) is 5.40. The zero-order valence-electron chi connectivity index (χ0n) is 10.1. The van der Waals surface area contributed by atoms with Gasteiger partial charge in [-0.25, -0.2) is 4.39 Å². The van der Waals surface area contributed by atoms with Crippen LogP contribution in [-0.4, -0.2) is 28.6 Å². The first-order valence-electron chi connectivity index (χ1n) is 5.17. The number of phenols is 1. The van der Waals surface area contributed by atoms with Gasteiger partial charge >= 0.3 is 0 Å². The van der Waals surface area contributed by atoms with Crippen molar-refractivity contribution in [3.8, 4) is 5.75 Å². The summed E-state index contributed by atoms with van der Waals surface area (Å²) in [4.78, 5) is 11.7. The van der Waals surface area contributed by atoms with Crippen molar-refractivity contribution in [3.63, 3.8) is 0 Å². The number of hydrogen-bond acceptors (Lipinski definition) is 3. The fourth-order valence-corrected chi connectivity index (χ4v) is 1.37. The number of aromatic hydroxyl groups is 1. The van der Waals surface area contributed by atoms with Gasteiger partial charge in [0.15, 0.2) is 0 Å². The molecular weight excluding hydrogens is 241 g/mol. The van der Waals surface area contributed by atoms with E-state index in [1.807, 2.05) is 20.1 Å². The molecule has 1 rings (SSSR count). The molecule has 3 nitrogen and oxygen atoms in total. The molecule has 1 amide bonds. The molecule has 1 aromatic carbocycles. The van der Waals surface area contributed by atoms with E-state index in [0.717, 1.165) is 6.07 Å². The minimum absolute atomic E-state index is 0.0558. The van der Waals surface area contributed by atoms with Crippen molar-refractivity contribution >= 4 is 17.7 Å². The van der Waals surface area contributed by atoms with Crippen LogP contribution in [0.5, 0.6) is 5.75 Å². The maximum Gasteiger partial charge on any atom is 0.254 e. The molecule has 0 saturated heterocycles. The van der Waals surface area contributed by atoms with Gasteiger partial charge in [0.2, 0.25) is 0 Å². The predicted octanol–water partition coefficient (Wildman–Crippen LogP) is 2.40. The molecule has 5 heteroatoms. The summed E-state index contributed by atoms with van der Waals surface area (Å²) in [7, 11) is 0. The molecule has 0 aliphatic heterocycles. The molecule has 2 N–H and O–H groups in total. The smallest absolute Gasteiger partial charge is 0.254 e. The van der Waals surface area contributed by atoms with Crippen molar-refractivity contribution < 1.29 is 14.3 Å². The molecule has 0 radical (unpaired) electrons. The summed E-state index contributed by atoms with van der Waals surface area (Å²) in [5, 5.41) is 11.7. The molecule has 0 aliphatic rings. The molecule has 0 heterocycles.